The summed E-state index contributed by atoms with van der Waals surface area (Å²) < 4.78 is 50.6. The van der Waals surface area contributed by atoms with E-state index in [0.717, 1.165) is 24.9 Å². The number of ether oxygens (including phenoxy) is 1. The van der Waals surface area contributed by atoms with Gasteiger partial charge < -0.3 is 19.9 Å². The second-order valence-electron chi connectivity index (χ2n) is 12.0. The number of fused-ring (bicyclic) bond motifs is 1. The maximum Gasteiger partial charge on any atom is 0.416 e. The number of halogens is 3. The van der Waals surface area contributed by atoms with Gasteiger partial charge in [0, 0.05) is 31.1 Å². The van der Waals surface area contributed by atoms with Crippen LogP contribution < -0.4 is 15.5 Å². The Bertz CT molecular complexity index is 1570. The van der Waals surface area contributed by atoms with E-state index in [1.807, 2.05) is 24.6 Å². The number of benzene rings is 1. The van der Waals surface area contributed by atoms with E-state index in [9.17, 15) is 18.0 Å². The average molecular weight is 609 g/mol. The Labute approximate surface area is 253 Å². The van der Waals surface area contributed by atoms with Crippen molar-refractivity contribution >= 4 is 17.5 Å². The van der Waals surface area contributed by atoms with Gasteiger partial charge in [0.25, 0.3) is 5.91 Å². The molecule has 0 bridgehead atoms. The molecule has 0 radical (unpaired) electrons. The fraction of sp³-hybridized carbons (Fsp3) is 0.516. The molecule has 2 aliphatic heterocycles. The van der Waals surface area contributed by atoms with Crippen LogP contribution >= 0.6 is 0 Å². The number of amides is 1. The van der Waals surface area contributed by atoms with Gasteiger partial charge in [-0.2, -0.15) is 18.4 Å². The second kappa shape index (κ2) is 12.2. The minimum atomic E-state index is -4.64. The van der Waals surface area contributed by atoms with Gasteiger partial charge in [-0.05, 0) is 73.2 Å². The van der Waals surface area contributed by atoms with E-state index in [1.165, 1.54) is 17.4 Å². The third kappa shape index (κ3) is 5.88. The molecule has 13 heteroatoms. The zero-order valence-corrected chi connectivity index (χ0v) is 24.7. The number of rotatable bonds is 11. The van der Waals surface area contributed by atoms with Gasteiger partial charge in [-0.25, -0.2) is 4.98 Å². The van der Waals surface area contributed by atoms with Gasteiger partial charge in [-0.3, -0.25) is 9.69 Å². The molecule has 1 saturated heterocycles. The Kier molecular flexibility index (Phi) is 8.30. The zero-order valence-electron chi connectivity index (χ0n) is 24.7. The van der Waals surface area contributed by atoms with Crippen molar-refractivity contribution in [1.29, 1.82) is 5.26 Å². The topological polar surface area (TPSA) is 121 Å². The maximum atomic E-state index is 14.4. The van der Waals surface area contributed by atoms with Gasteiger partial charge in [-0.15, -0.1) is 10.2 Å². The molecule has 2 atom stereocenters. The number of aryl methyl sites for hydroxylation is 1. The number of nitrogens with one attached hydrogen (secondary N) is 2. The van der Waals surface area contributed by atoms with E-state index < -0.39 is 17.6 Å². The van der Waals surface area contributed by atoms with Crippen LogP contribution in [-0.4, -0.2) is 52.0 Å². The van der Waals surface area contributed by atoms with E-state index in [4.69, 9.17) is 10.00 Å². The highest BCUT2D eigenvalue weighted by Crippen LogP contribution is 2.42. The number of pyridine rings is 1. The molecule has 2 aromatic heterocycles. The molecule has 3 aliphatic rings. The molecule has 0 spiro atoms. The minimum Gasteiger partial charge on any atom is -0.381 e. The summed E-state index contributed by atoms with van der Waals surface area (Å²) in [5.74, 6) is 1.16. The molecular weight excluding hydrogens is 573 g/mol. The standard InChI is InChI=1S/C31H35F3N8O2/c1-18(37-13-19-5-3-6-19)20-9-23-24(25(10-20)31(32,33)34)14-42(30(23)43)27-12-21(11-26(39-27)36-8-4-7-35)28(22-15-44-16-22)29-40-38-17-41(29)2/h9-12,17-19,22,28,37H,3-6,8,13-16H2,1-2H3,(H,36,39)/t18-,28?/m1/s1. The lowest BCUT2D eigenvalue weighted by atomic mass is 9.84. The molecule has 10 nitrogen and oxygen atoms in total. The SMILES string of the molecule is C[C@@H](NCC1CCC1)c1cc2c(c(C(F)(F)F)c1)CN(c1cc(C(c3nncn3C)C3COC3)cc(NCCC#N)n1)C2=O. The lowest BCUT2D eigenvalue weighted by molar-refractivity contribution is -0.138. The monoisotopic (exact) mass is 608 g/mol. The quantitative estimate of drug-likeness (QED) is 0.294. The number of carbonyl (C=O) groups excluding carboxylic acids is 1. The Morgan fingerprint density at radius 2 is 1.98 bits per heavy atom. The van der Waals surface area contributed by atoms with Crippen molar-refractivity contribution in [3.63, 3.8) is 0 Å². The summed E-state index contributed by atoms with van der Waals surface area (Å²) in [6, 6.07) is 8.08. The minimum absolute atomic E-state index is 0.0376. The van der Waals surface area contributed by atoms with Crippen molar-refractivity contribution in [2.45, 2.75) is 57.3 Å². The van der Waals surface area contributed by atoms with E-state index in [-0.39, 0.29) is 47.8 Å². The predicted molar refractivity (Wildman–Crippen MR) is 156 cm³/mol. The van der Waals surface area contributed by atoms with Gasteiger partial charge >= 0.3 is 6.18 Å². The Hall–Kier alpha value is -4.02. The zero-order chi connectivity index (χ0) is 31.0. The van der Waals surface area contributed by atoms with Crippen molar-refractivity contribution in [2.24, 2.45) is 18.9 Å². The Morgan fingerprint density at radius 1 is 1.18 bits per heavy atom. The molecule has 3 aromatic rings. The number of carbonyl (C=O) groups is 1. The van der Waals surface area contributed by atoms with Crippen LogP contribution in [0.5, 0.6) is 0 Å². The van der Waals surface area contributed by atoms with Crippen LogP contribution in [-0.2, 0) is 24.5 Å². The molecular formula is C31H35F3N8O2. The van der Waals surface area contributed by atoms with Crippen molar-refractivity contribution in [2.75, 3.05) is 36.5 Å². The highest BCUT2D eigenvalue weighted by molar-refractivity contribution is 6.10. The Morgan fingerprint density at radius 3 is 2.59 bits per heavy atom. The first kappa shape index (κ1) is 30.0. The van der Waals surface area contributed by atoms with Crippen molar-refractivity contribution in [3.8, 4) is 6.07 Å². The van der Waals surface area contributed by atoms with Crippen LogP contribution in [0.1, 0.15) is 83.0 Å². The maximum absolute atomic E-state index is 14.4. The first-order valence-corrected chi connectivity index (χ1v) is 15.0. The second-order valence-corrected chi connectivity index (χ2v) is 12.0. The molecule has 44 heavy (non-hydrogen) atoms. The van der Waals surface area contributed by atoms with E-state index >= 15 is 0 Å². The van der Waals surface area contributed by atoms with Crippen LogP contribution in [0, 0.1) is 23.2 Å². The van der Waals surface area contributed by atoms with Crippen LogP contribution in [0.4, 0.5) is 24.8 Å². The molecule has 1 aromatic carbocycles. The van der Waals surface area contributed by atoms with Crippen molar-refractivity contribution < 1.29 is 22.7 Å². The molecule has 6 rings (SSSR count). The fourth-order valence-electron chi connectivity index (χ4n) is 6.12. The highest BCUT2D eigenvalue weighted by atomic mass is 19.4. The smallest absolute Gasteiger partial charge is 0.381 e. The lowest BCUT2D eigenvalue weighted by Gasteiger charge is -2.34. The van der Waals surface area contributed by atoms with Gasteiger partial charge in [0.2, 0.25) is 0 Å². The third-order valence-corrected chi connectivity index (χ3v) is 8.98. The van der Waals surface area contributed by atoms with Gasteiger partial charge in [0.05, 0.1) is 43.7 Å². The molecule has 4 heterocycles. The summed E-state index contributed by atoms with van der Waals surface area (Å²) in [5.41, 5.74) is 0.383. The summed E-state index contributed by atoms with van der Waals surface area (Å²) in [5, 5.41) is 23.9. The largest absolute Gasteiger partial charge is 0.416 e. The lowest BCUT2D eigenvalue weighted by Crippen LogP contribution is -2.35. The van der Waals surface area contributed by atoms with E-state index in [2.05, 4.69) is 31.9 Å². The molecule has 1 unspecified atom stereocenters. The molecule has 2 N–H and O–H groups in total. The molecule has 1 amide bonds. The van der Waals surface area contributed by atoms with E-state index in [0.29, 0.717) is 42.9 Å². The van der Waals surface area contributed by atoms with Crippen molar-refractivity contribution in [3.05, 3.63) is 64.2 Å². The summed E-state index contributed by atoms with van der Waals surface area (Å²) in [6.07, 6.45) is 0.620. The predicted octanol–water partition coefficient (Wildman–Crippen LogP) is 4.94. The molecule has 1 aliphatic carbocycles. The number of nitrogens with zero attached hydrogens (tertiary/aromatic N) is 6. The van der Waals surface area contributed by atoms with Crippen molar-refractivity contribution in [1.82, 2.24) is 25.1 Å². The number of alkyl halides is 3. The first-order chi connectivity index (χ1) is 21.1. The van der Waals surface area contributed by atoms with E-state index in [1.54, 1.807) is 18.5 Å². The normalized spacial score (nSPS) is 18.4. The number of hydrogen-bond acceptors (Lipinski definition) is 8. The third-order valence-electron chi connectivity index (χ3n) is 8.98. The highest BCUT2D eigenvalue weighted by Gasteiger charge is 2.42. The number of aromatic nitrogens is 4. The van der Waals surface area contributed by atoms with Crippen LogP contribution in [0.25, 0.3) is 0 Å². The average Bonchev–Trinajstić information content (AvgIpc) is 3.51. The van der Waals surface area contributed by atoms with Gasteiger partial charge in [-0.1, -0.05) is 6.42 Å². The van der Waals surface area contributed by atoms with Crippen LogP contribution in [0.3, 0.4) is 0 Å². The number of nitriles is 1. The summed E-state index contributed by atoms with van der Waals surface area (Å²) in [4.78, 5) is 19.8. The van der Waals surface area contributed by atoms with Crippen LogP contribution in [0.2, 0.25) is 0 Å². The number of hydrogen-bond donors (Lipinski definition) is 2. The van der Waals surface area contributed by atoms with Crippen LogP contribution in [0.15, 0.2) is 30.6 Å². The first-order valence-electron chi connectivity index (χ1n) is 15.0. The van der Waals surface area contributed by atoms with Gasteiger partial charge in [0.1, 0.15) is 23.8 Å². The summed E-state index contributed by atoms with van der Waals surface area (Å²) in [6.45, 7) is 3.63. The fourth-order valence-corrected chi connectivity index (χ4v) is 6.12. The number of anilines is 2. The molecule has 1 saturated carbocycles. The van der Waals surface area contributed by atoms with Gasteiger partial charge in [0.15, 0.2) is 0 Å². The summed E-state index contributed by atoms with van der Waals surface area (Å²) in [7, 11) is 1.84. The Balaban J connectivity index is 1.38. The molecule has 232 valence electrons. The molecule has 2 fully saturated rings. The summed E-state index contributed by atoms with van der Waals surface area (Å²) >= 11 is 0.